The average Bonchev–Trinajstić information content (AvgIpc) is 1.96. The van der Waals surface area contributed by atoms with E-state index in [1.807, 2.05) is 20.1 Å². The van der Waals surface area contributed by atoms with Crippen LogP contribution in [0.4, 0.5) is 0 Å². The summed E-state index contributed by atoms with van der Waals surface area (Å²) < 4.78 is 0. The van der Waals surface area contributed by atoms with E-state index < -0.39 is 0 Å². The van der Waals surface area contributed by atoms with Crippen molar-refractivity contribution in [3.63, 3.8) is 0 Å². The number of rotatable bonds is 2. The van der Waals surface area contributed by atoms with Crippen LogP contribution in [0.1, 0.15) is 22.3 Å². The fraction of sp³-hybridized carbons (Fsp3) is 0.364. The summed E-state index contributed by atoms with van der Waals surface area (Å²) in [4.78, 5) is 10.2. The molecule has 1 nitrogen and oxygen atoms in total. The van der Waals surface area contributed by atoms with E-state index in [2.05, 4.69) is 19.1 Å². The van der Waals surface area contributed by atoms with Crippen molar-refractivity contribution in [2.24, 2.45) is 0 Å². The summed E-state index contributed by atoms with van der Waals surface area (Å²) in [5.74, 6) is 0. The highest BCUT2D eigenvalue weighted by Crippen LogP contribution is 2.15. The molecule has 1 heteroatoms. The minimum Gasteiger partial charge on any atom is -0.541 e. The van der Waals surface area contributed by atoms with Gasteiger partial charge in [0.2, 0.25) is 0 Å². The average molecular weight is 161 g/mol. The van der Waals surface area contributed by atoms with Gasteiger partial charge in [0.05, 0.1) is 0 Å². The second-order valence-electron chi connectivity index (χ2n) is 3.20. The summed E-state index contributed by atoms with van der Waals surface area (Å²) in [5.41, 5.74) is 4.75. The van der Waals surface area contributed by atoms with E-state index in [1.54, 1.807) is 0 Å². The maximum Gasteiger partial charge on any atom is -0.0396 e. The fourth-order valence-electron chi connectivity index (χ4n) is 1.56. The van der Waals surface area contributed by atoms with E-state index in [-0.39, 0.29) is 0 Å². The van der Waals surface area contributed by atoms with Crippen LogP contribution in [-0.4, -0.2) is 6.29 Å². The third kappa shape index (κ3) is 1.73. The Hall–Kier alpha value is -1.11. The first-order valence-electron chi connectivity index (χ1n) is 4.07. The molecule has 0 atom stereocenters. The van der Waals surface area contributed by atoms with E-state index in [0.717, 1.165) is 5.56 Å². The van der Waals surface area contributed by atoms with Gasteiger partial charge in [0.1, 0.15) is 0 Å². The van der Waals surface area contributed by atoms with Crippen LogP contribution in [0, 0.1) is 20.8 Å². The molecule has 0 heterocycles. The van der Waals surface area contributed by atoms with Gasteiger partial charge in [-0.15, -0.1) is 6.42 Å². The zero-order valence-corrected chi connectivity index (χ0v) is 7.77. The van der Waals surface area contributed by atoms with Gasteiger partial charge in [0, 0.05) is 0 Å². The highest BCUT2D eigenvalue weighted by atomic mass is 16.1. The molecule has 0 unspecified atom stereocenters. The van der Waals surface area contributed by atoms with Crippen LogP contribution in [0.2, 0.25) is 0 Å². The summed E-state index contributed by atoms with van der Waals surface area (Å²) in [6.45, 7) is 6.13. The molecule has 0 bridgehead atoms. The molecule has 0 saturated heterocycles. The predicted octanol–water partition coefficient (Wildman–Crippen LogP) is 2.26. The summed E-state index contributed by atoms with van der Waals surface area (Å²) in [6.07, 6.45) is 2.35. The first-order chi connectivity index (χ1) is 5.65. The van der Waals surface area contributed by atoms with Crippen molar-refractivity contribution in [2.75, 3.05) is 0 Å². The van der Waals surface area contributed by atoms with Gasteiger partial charge in [0.25, 0.3) is 0 Å². The van der Waals surface area contributed by atoms with E-state index in [4.69, 9.17) is 0 Å². The Kier molecular flexibility index (Phi) is 2.64. The Morgan fingerprint density at radius 2 is 1.67 bits per heavy atom. The number of benzene rings is 1. The summed E-state index contributed by atoms with van der Waals surface area (Å²) in [6, 6.07) is 4.19. The zero-order valence-electron chi connectivity index (χ0n) is 7.77. The monoisotopic (exact) mass is 161 g/mol. The van der Waals surface area contributed by atoms with Crippen LogP contribution in [-0.2, 0) is 11.2 Å². The molecular weight excluding hydrogens is 148 g/mol. The Balaban J connectivity index is 3.18. The highest BCUT2D eigenvalue weighted by molar-refractivity contribution is 5.58. The number of hydrogen-bond acceptors (Lipinski definition) is 1. The standard InChI is InChI=1S/C11H13O/c1-8-6-9(2)11(4-5-12)10(3)7-8/h6-7H,4H2,1-3H3/q-1. The van der Waals surface area contributed by atoms with Crippen LogP contribution >= 0.6 is 0 Å². The molecule has 0 aliphatic heterocycles. The van der Waals surface area contributed by atoms with E-state index >= 15 is 0 Å². The van der Waals surface area contributed by atoms with Gasteiger partial charge in [0.15, 0.2) is 0 Å². The quantitative estimate of drug-likeness (QED) is 0.608. The van der Waals surface area contributed by atoms with E-state index in [1.165, 1.54) is 16.7 Å². The summed E-state index contributed by atoms with van der Waals surface area (Å²) in [7, 11) is 0. The molecule has 1 aromatic carbocycles. The Bertz CT molecular complexity index is 277. The van der Waals surface area contributed by atoms with Gasteiger partial charge in [-0.3, -0.25) is 6.29 Å². The van der Waals surface area contributed by atoms with Gasteiger partial charge in [-0.1, -0.05) is 23.3 Å². The van der Waals surface area contributed by atoms with Crippen molar-refractivity contribution in [1.82, 2.24) is 0 Å². The minimum absolute atomic E-state index is 0.415. The number of carbonyl (C=O) groups excluding carboxylic acids is 1. The lowest BCUT2D eigenvalue weighted by atomic mass is 9.98. The summed E-state index contributed by atoms with van der Waals surface area (Å²) >= 11 is 0. The van der Waals surface area contributed by atoms with Crippen LogP contribution in [0.5, 0.6) is 0 Å². The Labute approximate surface area is 73.4 Å². The first kappa shape index (κ1) is 8.98. The van der Waals surface area contributed by atoms with Crippen LogP contribution < -0.4 is 0 Å². The number of aryl methyl sites for hydroxylation is 3. The topological polar surface area (TPSA) is 17.1 Å². The molecule has 64 valence electrons. The van der Waals surface area contributed by atoms with Gasteiger partial charge in [-0.25, -0.2) is 0 Å². The smallest absolute Gasteiger partial charge is 0.0396 e. The lowest BCUT2D eigenvalue weighted by Crippen LogP contribution is -1.95. The molecule has 0 amide bonds. The summed E-state index contributed by atoms with van der Waals surface area (Å²) in [5, 5.41) is 0. The molecule has 0 aromatic heterocycles. The molecule has 0 aliphatic carbocycles. The van der Waals surface area contributed by atoms with Gasteiger partial charge >= 0.3 is 0 Å². The predicted molar refractivity (Wildman–Crippen MR) is 50.1 cm³/mol. The highest BCUT2D eigenvalue weighted by Gasteiger charge is 1.98. The van der Waals surface area contributed by atoms with Gasteiger partial charge < -0.3 is 4.79 Å². The van der Waals surface area contributed by atoms with Crippen molar-refractivity contribution >= 4 is 6.29 Å². The fourth-order valence-corrected chi connectivity index (χ4v) is 1.56. The van der Waals surface area contributed by atoms with Gasteiger partial charge in [-0.2, -0.15) is 0 Å². The molecule has 0 aliphatic rings. The van der Waals surface area contributed by atoms with Crippen molar-refractivity contribution in [3.8, 4) is 0 Å². The Morgan fingerprint density at radius 3 is 2.08 bits per heavy atom. The molecule has 12 heavy (non-hydrogen) atoms. The molecule has 0 N–H and O–H groups in total. The maximum atomic E-state index is 10.2. The third-order valence-electron chi connectivity index (χ3n) is 2.09. The lowest BCUT2D eigenvalue weighted by Gasteiger charge is -2.11. The molecule has 0 spiro atoms. The zero-order chi connectivity index (χ0) is 9.14. The van der Waals surface area contributed by atoms with Gasteiger partial charge in [-0.05, 0) is 31.9 Å². The maximum absolute atomic E-state index is 10.2. The molecule has 1 aromatic rings. The molecule has 0 radical (unpaired) electrons. The first-order valence-corrected chi connectivity index (χ1v) is 4.07. The molecule has 1 rings (SSSR count). The third-order valence-corrected chi connectivity index (χ3v) is 2.09. The second-order valence-corrected chi connectivity index (χ2v) is 3.20. The van der Waals surface area contributed by atoms with Crippen LogP contribution in [0.3, 0.4) is 0 Å². The number of hydrogen-bond donors (Lipinski definition) is 0. The molecule has 0 saturated carbocycles. The van der Waals surface area contributed by atoms with Crippen molar-refractivity contribution < 1.29 is 4.79 Å². The normalized spacial score (nSPS) is 9.92. The van der Waals surface area contributed by atoms with Crippen LogP contribution in [0.15, 0.2) is 12.1 Å². The van der Waals surface area contributed by atoms with Crippen LogP contribution in [0.25, 0.3) is 0 Å². The van der Waals surface area contributed by atoms with E-state index in [9.17, 15) is 4.79 Å². The Morgan fingerprint density at radius 1 is 1.17 bits per heavy atom. The van der Waals surface area contributed by atoms with Crippen molar-refractivity contribution in [2.45, 2.75) is 27.2 Å². The SMILES string of the molecule is Cc1cc(C)c(C[C-]=O)c(C)c1. The lowest BCUT2D eigenvalue weighted by molar-refractivity contribution is 0.555. The van der Waals surface area contributed by atoms with E-state index in [0.29, 0.717) is 6.42 Å². The minimum atomic E-state index is 0.415. The molecule has 0 fully saturated rings. The molecular formula is C11H13O-. The second kappa shape index (κ2) is 3.53. The van der Waals surface area contributed by atoms with Crippen molar-refractivity contribution in [1.29, 1.82) is 0 Å². The van der Waals surface area contributed by atoms with Crippen molar-refractivity contribution in [3.05, 3.63) is 34.4 Å². The largest absolute Gasteiger partial charge is 0.541 e.